The summed E-state index contributed by atoms with van der Waals surface area (Å²) in [5.74, 6) is 0.628. The van der Waals surface area contributed by atoms with Gasteiger partial charge in [0.25, 0.3) is 0 Å². The Hall–Kier alpha value is -1.09. The Labute approximate surface area is 103 Å². The maximum Gasteiger partial charge on any atom is 0.165 e. The van der Waals surface area contributed by atoms with E-state index in [9.17, 15) is 4.39 Å². The first-order valence-electron chi connectivity index (χ1n) is 6.19. The Morgan fingerprint density at radius 1 is 1.29 bits per heavy atom. The lowest BCUT2D eigenvalue weighted by atomic mass is 10.1. The number of nitrogens with two attached hydrogens (primary N) is 1. The summed E-state index contributed by atoms with van der Waals surface area (Å²) in [5.41, 5.74) is 6.52. The van der Waals surface area contributed by atoms with E-state index in [0.717, 1.165) is 18.4 Å². The lowest BCUT2D eigenvalue weighted by Gasteiger charge is -2.15. The van der Waals surface area contributed by atoms with Crippen LogP contribution in [0.15, 0.2) is 18.2 Å². The van der Waals surface area contributed by atoms with E-state index >= 15 is 0 Å². The minimum atomic E-state index is -0.329. The van der Waals surface area contributed by atoms with Crippen LogP contribution in [-0.4, -0.2) is 6.61 Å². The summed E-state index contributed by atoms with van der Waals surface area (Å²) in [7, 11) is 0. The van der Waals surface area contributed by atoms with E-state index in [-0.39, 0.29) is 11.9 Å². The largest absolute Gasteiger partial charge is 0.490 e. The van der Waals surface area contributed by atoms with Gasteiger partial charge in [-0.15, -0.1) is 0 Å². The molecule has 0 saturated carbocycles. The summed E-state index contributed by atoms with van der Waals surface area (Å²) in [5, 5.41) is 0. The van der Waals surface area contributed by atoms with E-state index in [1.165, 1.54) is 6.07 Å². The molecule has 0 amide bonds. The highest BCUT2D eigenvalue weighted by molar-refractivity contribution is 5.36. The SMILES string of the molecule is CC(C)CCCOc1c(F)cccc1C(C)N. The van der Waals surface area contributed by atoms with E-state index in [2.05, 4.69) is 13.8 Å². The maximum atomic E-state index is 13.6. The predicted octanol–water partition coefficient (Wildman–Crippen LogP) is 3.66. The normalized spacial score (nSPS) is 12.8. The molecule has 2 N–H and O–H groups in total. The Morgan fingerprint density at radius 3 is 2.59 bits per heavy atom. The summed E-state index contributed by atoms with van der Waals surface area (Å²) < 4.78 is 19.1. The van der Waals surface area contributed by atoms with Crippen molar-refractivity contribution in [1.82, 2.24) is 0 Å². The molecule has 1 unspecified atom stereocenters. The average Bonchev–Trinajstić information content (AvgIpc) is 2.25. The smallest absolute Gasteiger partial charge is 0.165 e. The van der Waals surface area contributed by atoms with Crippen LogP contribution in [0.1, 0.15) is 45.2 Å². The number of ether oxygens (including phenoxy) is 1. The first kappa shape index (κ1) is 14.0. The van der Waals surface area contributed by atoms with Crippen molar-refractivity contribution in [1.29, 1.82) is 0 Å². The van der Waals surface area contributed by atoms with E-state index in [4.69, 9.17) is 10.5 Å². The van der Waals surface area contributed by atoms with Crippen molar-refractivity contribution in [3.8, 4) is 5.75 Å². The molecule has 1 rings (SSSR count). The van der Waals surface area contributed by atoms with Gasteiger partial charge in [-0.2, -0.15) is 0 Å². The molecule has 0 aliphatic heterocycles. The highest BCUT2D eigenvalue weighted by Gasteiger charge is 2.12. The van der Waals surface area contributed by atoms with Gasteiger partial charge in [0.15, 0.2) is 11.6 Å². The molecule has 0 fully saturated rings. The Balaban J connectivity index is 2.63. The zero-order chi connectivity index (χ0) is 12.8. The molecule has 2 nitrogen and oxygen atoms in total. The van der Waals surface area contributed by atoms with Gasteiger partial charge in [0.1, 0.15) is 0 Å². The highest BCUT2D eigenvalue weighted by atomic mass is 19.1. The van der Waals surface area contributed by atoms with Gasteiger partial charge >= 0.3 is 0 Å². The standard InChI is InChI=1S/C14H22FNO/c1-10(2)6-5-9-17-14-12(11(3)16)7-4-8-13(14)15/h4,7-8,10-11H,5-6,9,16H2,1-3H3. The molecule has 0 saturated heterocycles. The third kappa shape index (κ3) is 4.35. The number of para-hydroxylation sites is 1. The Morgan fingerprint density at radius 2 is 2.00 bits per heavy atom. The molecule has 0 radical (unpaired) electrons. The predicted molar refractivity (Wildman–Crippen MR) is 68.6 cm³/mol. The van der Waals surface area contributed by atoms with Crippen LogP contribution in [0.5, 0.6) is 5.75 Å². The first-order valence-corrected chi connectivity index (χ1v) is 6.19. The van der Waals surface area contributed by atoms with Crippen molar-refractivity contribution in [3.05, 3.63) is 29.6 Å². The fraction of sp³-hybridized carbons (Fsp3) is 0.571. The summed E-state index contributed by atoms with van der Waals surface area (Å²) in [6.07, 6.45) is 2.02. The molecule has 1 aromatic carbocycles. The fourth-order valence-corrected chi connectivity index (χ4v) is 1.70. The van der Waals surface area contributed by atoms with Gasteiger partial charge in [-0.05, 0) is 31.7 Å². The van der Waals surface area contributed by atoms with Crippen molar-refractivity contribution >= 4 is 0 Å². The molecule has 17 heavy (non-hydrogen) atoms. The molecule has 3 heteroatoms. The number of hydrogen-bond donors (Lipinski definition) is 1. The van der Waals surface area contributed by atoms with Gasteiger partial charge in [-0.1, -0.05) is 26.0 Å². The summed E-state index contributed by atoms with van der Waals surface area (Å²) in [6, 6.07) is 4.66. The van der Waals surface area contributed by atoms with E-state index < -0.39 is 0 Å². The van der Waals surface area contributed by atoms with Gasteiger partial charge in [-0.3, -0.25) is 0 Å². The number of halogens is 1. The van der Waals surface area contributed by atoms with Crippen LogP contribution in [0.25, 0.3) is 0 Å². The van der Waals surface area contributed by atoms with Crippen LogP contribution < -0.4 is 10.5 Å². The van der Waals surface area contributed by atoms with Gasteiger partial charge in [0.05, 0.1) is 6.61 Å². The molecule has 0 aliphatic carbocycles. The summed E-state index contributed by atoms with van der Waals surface area (Å²) in [6.45, 7) is 6.70. The van der Waals surface area contributed by atoms with Gasteiger partial charge in [0.2, 0.25) is 0 Å². The van der Waals surface area contributed by atoms with Gasteiger partial charge in [0, 0.05) is 11.6 Å². The molecule has 0 spiro atoms. The summed E-state index contributed by atoms with van der Waals surface area (Å²) >= 11 is 0. The second-order valence-electron chi connectivity index (χ2n) is 4.83. The minimum absolute atomic E-state index is 0.217. The van der Waals surface area contributed by atoms with Gasteiger partial charge in [-0.25, -0.2) is 4.39 Å². The first-order chi connectivity index (χ1) is 8.02. The third-order valence-electron chi connectivity index (χ3n) is 2.66. The zero-order valence-corrected chi connectivity index (χ0v) is 10.9. The van der Waals surface area contributed by atoms with E-state index in [1.807, 2.05) is 13.0 Å². The van der Waals surface area contributed by atoms with Crippen LogP contribution in [0.2, 0.25) is 0 Å². The number of rotatable bonds is 6. The average molecular weight is 239 g/mol. The van der Waals surface area contributed by atoms with Crippen molar-refractivity contribution in [2.45, 2.75) is 39.7 Å². The van der Waals surface area contributed by atoms with Crippen LogP contribution in [-0.2, 0) is 0 Å². The van der Waals surface area contributed by atoms with Crippen LogP contribution in [0.4, 0.5) is 4.39 Å². The van der Waals surface area contributed by atoms with Crippen molar-refractivity contribution < 1.29 is 9.13 Å². The van der Waals surface area contributed by atoms with Gasteiger partial charge < -0.3 is 10.5 Å². The van der Waals surface area contributed by atoms with E-state index in [1.54, 1.807) is 6.07 Å². The number of benzene rings is 1. The lowest BCUT2D eigenvalue weighted by Crippen LogP contribution is -2.10. The maximum absolute atomic E-state index is 13.6. The van der Waals surface area contributed by atoms with Crippen molar-refractivity contribution in [3.63, 3.8) is 0 Å². The molecule has 1 aromatic rings. The second kappa shape index (κ2) is 6.60. The topological polar surface area (TPSA) is 35.2 Å². The fourth-order valence-electron chi connectivity index (χ4n) is 1.70. The molecule has 96 valence electrons. The molecule has 0 aliphatic rings. The van der Waals surface area contributed by atoms with Crippen LogP contribution in [0, 0.1) is 11.7 Å². The highest BCUT2D eigenvalue weighted by Crippen LogP contribution is 2.27. The number of hydrogen-bond acceptors (Lipinski definition) is 2. The molecular weight excluding hydrogens is 217 g/mol. The van der Waals surface area contributed by atoms with Crippen molar-refractivity contribution in [2.75, 3.05) is 6.61 Å². The van der Waals surface area contributed by atoms with Crippen LogP contribution in [0.3, 0.4) is 0 Å². The zero-order valence-electron chi connectivity index (χ0n) is 10.9. The minimum Gasteiger partial charge on any atom is -0.490 e. The second-order valence-corrected chi connectivity index (χ2v) is 4.83. The third-order valence-corrected chi connectivity index (χ3v) is 2.66. The van der Waals surface area contributed by atoms with Crippen molar-refractivity contribution in [2.24, 2.45) is 11.7 Å². The summed E-state index contributed by atoms with van der Waals surface area (Å²) in [4.78, 5) is 0. The Kier molecular flexibility index (Phi) is 5.42. The monoisotopic (exact) mass is 239 g/mol. The molecule has 0 heterocycles. The van der Waals surface area contributed by atoms with Crippen LogP contribution >= 0.6 is 0 Å². The molecule has 0 aromatic heterocycles. The van der Waals surface area contributed by atoms with E-state index in [0.29, 0.717) is 18.3 Å². The Bertz CT molecular complexity index is 350. The molecular formula is C14H22FNO. The quantitative estimate of drug-likeness (QED) is 0.769. The molecule has 1 atom stereocenters. The lowest BCUT2D eigenvalue weighted by molar-refractivity contribution is 0.280. The molecule has 0 bridgehead atoms.